The van der Waals surface area contributed by atoms with Crippen molar-refractivity contribution in [2.45, 2.75) is 13.0 Å². The van der Waals surface area contributed by atoms with Gasteiger partial charge in [-0.1, -0.05) is 0 Å². The summed E-state index contributed by atoms with van der Waals surface area (Å²) >= 11 is 0. The van der Waals surface area contributed by atoms with Crippen molar-refractivity contribution < 1.29 is 19.2 Å². The minimum absolute atomic E-state index is 0.158. The summed E-state index contributed by atoms with van der Waals surface area (Å²) in [6.45, 7) is 2.13. The van der Waals surface area contributed by atoms with E-state index in [0.717, 1.165) is 10.6 Å². The number of amides is 1. The molecular weight excluding hydrogens is 186 g/mol. The molecule has 1 unspecified atom stereocenters. The highest BCUT2D eigenvalue weighted by Gasteiger charge is 2.29. The predicted octanol–water partition coefficient (Wildman–Crippen LogP) is 0.336. The SMILES string of the molecule is Cc1ccoc1C(=O)N1CC(O)CO1. The first kappa shape index (κ1) is 9.23. The van der Waals surface area contributed by atoms with E-state index in [4.69, 9.17) is 14.4 Å². The minimum atomic E-state index is -0.603. The molecule has 1 aromatic heterocycles. The summed E-state index contributed by atoms with van der Waals surface area (Å²) in [4.78, 5) is 16.7. The molecule has 14 heavy (non-hydrogen) atoms. The average molecular weight is 197 g/mol. The molecule has 1 atom stereocenters. The van der Waals surface area contributed by atoms with Gasteiger partial charge in [-0.2, -0.15) is 0 Å². The van der Waals surface area contributed by atoms with Crippen LogP contribution in [0.25, 0.3) is 0 Å². The molecule has 5 heteroatoms. The fraction of sp³-hybridized carbons (Fsp3) is 0.444. The van der Waals surface area contributed by atoms with Crippen LogP contribution < -0.4 is 0 Å². The Morgan fingerprint density at radius 2 is 2.50 bits per heavy atom. The molecule has 2 heterocycles. The fourth-order valence-electron chi connectivity index (χ4n) is 1.32. The first-order chi connectivity index (χ1) is 6.68. The molecule has 1 saturated heterocycles. The van der Waals surface area contributed by atoms with E-state index in [0.29, 0.717) is 0 Å². The van der Waals surface area contributed by atoms with E-state index in [1.54, 1.807) is 13.0 Å². The Morgan fingerprint density at radius 1 is 1.71 bits per heavy atom. The second-order valence-electron chi connectivity index (χ2n) is 3.25. The lowest BCUT2D eigenvalue weighted by molar-refractivity contribution is -0.0796. The number of hydrogen-bond donors (Lipinski definition) is 1. The van der Waals surface area contributed by atoms with Crippen LogP contribution in [0, 0.1) is 6.92 Å². The second kappa shape index (κ2) is 3.43. The van der Waals surface area contributed by atoms with Gasteiger partial charge >= 0.3 is 5.91 Å². The van der Waals surface area contributed by atoms with Crippen molar-refractivity contribution >= 4 is 5.91 Å². The fourth-order valence-corrected chi connectivity index (χ4v) is 1.32. The number of nitrogens with zero attached hydrogens (tertiary/aromatic N) is 1. The lowest BCUT2D eigenvalue weighted by Gasteiger charge is -2.11. The lowest BCUT2D eigenvalue weighted by atomic mass is 10.2. The highest BCUT2D eigenvalue weighted by Crippen LogP contribution is 2.15. The van der Waals surface area contributed by atoms with E-state index >= 15 is 0 Å². The third kappa shape index (κ3) is 1.51. The van der Waals surface area contributed by atoms with Crippen molar-refractivity contribution in [3.8, 4) is 0 Å². The van der Waals surface area contributed by atoms with Gasteiger partial charge < -0.3 is 9.52 Å². The first-order valence-electron chi connectivity index (χ1n) is 4.35. The van der Waals surface area contributed by atoms with Crippen molar-refractivity contribution in [1.82, 2.24) is 5.06 Å². The number of β-amino-alcohol motifs (C(OH)–C–C–N with tert-alkyl or cyclic N) is 1. The number of furan rings is 1. The normalized spacial score (nSPS) is 21.6. The summed E-state index contributed by atoms with van der Waals surface area (Å²) in [7, 11) is 0. The Bertz CT molecular complexity index is 346. The molecule has 2 rings (SSSR count). The third-order valence-electron chi connectivity index (χ3n) is 2.08. The molecular formula is C9H11NO4. The Hall–Kier alpha value is -1.33. The monoisotopic (exact) mass is 197 g/mol. The number of aryl methyl sites for hydroxylation is 1. The van der Waals surface area contributed by atoms with Crippen LogP contribution >= 0.6 is 0 Å². The van der Waals surface area contributed by atoms with Gasteiger partial charge in [-0.15, -0.1) is 0 Å². The highest BCUT2D eigenvalue weighted by atomic mass is 16.7. The van der Waals surface area contributed by atoms with Crippen LogP contribution in [0.5, 0.6) is 0 Å². The summed E-state index contributed by atoms with van der Waals surface area (Å²) in [5.41, 5.74) is 0.764. The molecule has 76 valence electrons. The summed E-state index contributed by atoms with van der Waals surface area (Å²) in [6.07, 6.45) is 0.851. The number of hydroxylamine groups is 2. The number of aliphatic hydroxyl groups excluding tert-OH is 1. The van der Waals surface area contributed by atoms with E-state index in [-0.39, 0.29) is 24.8 Å². The van der Waals surface area contributed by atoms with E-state index < -0.39 is 6.10 Å². The van der Waals surface area contributed by atoms with Gasteiger partial charge in [0, 0.05) is 5.56 Å². The van der Waals surface area contributed by atoms with Crippen LogP contribution in [0.3, 0.4) is 0 Å². The van der Waals surface area contributed by atoms with Crippen LogP contribution in [0.15, 0.2) is 16.7 Å². The molecule has 5 nitrogen and oxygen atoms in total. The molecule has 0 spiro atoms. The van der Waals surface area contributed by atoms with Crippen LogP contribution in [-0.4, -0.2) is 35.3 Å². The number of aliphatic hydroxyl groups is 1. The van der Waals surface area contributed by atoms with Crippen LogP contribution in [0.2, 0.25) is 0 Å². The maximum absolute atomic E-state index is 11.7. The molecule has 1 fully saturated rings. The summed E-state index contributed by atoms with van der Waals surface area (Å²) in [5.74, 6) is -0.0804. The van der Waals surface area contributed by atoms with E-state index in [1.165, 1.54) is 6.26 Å². The number of hydrogen-bond acceptors (Lipinski definition) is 4. The second-order valence-corrected chi connectivity index (χ2v) is 3.25. The predicted molar refractivity (Wildman–Crippen MR) is 46.4 cm³/mol. The molecule has 1 aliphatic heterocycles. The van der Waals surface area contributed by atoms with Crippen molar-refractivity contribution in [1.29, 1.82) is 0 Å². The van der Waals surface area contributed by atoms with Gasteiger partial charge in [0.05, 0.1) is 12.8 Å². The van der Waals surface area contributed by atoms with Gasteiger partial charge in [0.25, 0.3) is 0 Å². The molecule has 1 aliphatic rings. The minimum Gasteiger partial charge on any atom is -0.459 e. The summed E-state index contributed by atoms with van der Waals surface area (Å²) in [6, 6.07) is 1.71. The highest BCUT2D eigenvalue weighted by molar-refractivity contribution is 5.92. The van der Waals surface area contributed by atoms with Crippen molar-refractivity contribution in [3.63, 3.8) is 0 Å². The Kier molecular flexibility index (Phi) is 2.26. The van der Waals surface area contributed by atoms with E-state index in [9.17, 15) is 4.79 Å². The van der Waals surface area contributed by atoms with Crippen LogP contribution in [0.4, 0.5) is 0 Å². The zero-order valence-corrected chi connectivity index (χ0v) is 7.77. The maximum Gasteiger partial charge on any atom is 0.313 e. The first-order valence-corrected chi connectivity index (χ1v) is 4.35. The summed E-state index contributed by atoms with van der Waals surface area (Å²) < 4.78 is 5.02. The Balaban J connectivity index is 2.13. The third-order valence-corrected chi connectivity index (χ3v) is 2.08. The maximum atomic E-state index is 11.7. The number of carbonyl (C=O) groups excluding carboxylic acids is 1. The van der Waals surface area contributed by atoms with Gasteiger partial charge in [0.1, 0.15) is 12.7 Å². The lowest BCUT2D eigenvalue weighted by Crippen LogP contribution is -2.28. The molecule has 0 radical (unpaired) electrons. The van der Waals surface area contributed by atoms with Gasteiger partial charge in [0.15, 0.2) is 5.76 Å². The molecule has 1 N–H and O–H groups in total. The topological polar surface area (TPSA) is 62.9 Å². The molecule has 1 amide bonds. The quantitative estimate of drug-likeness (QED) is 0.705. The molecule has 0 saturated carbocycles. The molecule has 0 bridgehead atoms. The van der Waals surface area contributed by atoms with Crippen LogP contribution in [0.1, 0.15) is 16.1 Å². The van der Waals surface area contributed by atoms with E-state index in [1.807, 2.05) is 0 Å². The van der Waals surface area contributed by atoms with Gasteiger partial charge in [0.2, 0.25) is 0 Å². The van der Waals surface area contributed by atoms with Crippen LogP contribution in [-0.2, 0) is 4.84 Å². The number of rotatable bonds is 1. The Morgan fingerprint density at radius 3 is 3.00 bits per heavy atom. The largest absolute Gasteiger partial charge is 0.459 e. The van der Waals surface area contributed by atoms with E-state index in [2.05, 4.69) is 0 Å². The Labute approximate surface area is 80.8 Å². The molecule has 1 aromatic rings. The average Bonchev–Trinajstić information content (AvgIpc) is 2.73. The smallest absolute Gasteiger partial charge is 0.313 e. The van der Waals surface area contributed by atoms with Crippen molar-refractivity contribution in [3.05, 3.63) is 23.7 Å². The van der Waals surface area contributed by atoms with Gasteiger partial charge in [-0.25, -0.2) is 5.06 Å². The van der Waals surface area contributed by atoms with Gasteiger partial charge in [-0.05, 0) is 13.0 Å². The van der Waals surface area contributed by atoms with Crippen molar-refractivity contribution in [2.75, 3.05) is 13.2 Å². The zero-order valence-electron chi connectivity index (χ0n) is 7.77. The standard InChI is InChI=1S/C9H11NO4/c1-6-2-3-13-8(6)9(12)10-4-7(11)5-14-10/h2-3,7,11H,4-5H2,1H3. The van der Waals surface area contributed by atoms with Gasteiger partial charge in [-0.3, -0.25) is 9.63 Å². The number of carbonyl (C=O) groups is 1. The van der Waals surface area contributed by atoms with Crippen molar-refractivity contribution in [2.24, 2.45) is 0 Å². The summed E-state index contributed by atoms with van der Waals surface area (Å²) in [5, 5.41) is 10.3. The molecule has 0 aliphatic carbocycles. The zero-order chi connectivity index (χ0) is 10.1. The molecule has 0 aromatic carbocycles.